The van der Waals surface area contributed by atoms with Crippen LogP contribution in [-0.4, -0.2) is 11.9 Å². The first kappa shape index (κ1) is 12.9. The van der Waals surface area contributed by atoms with Crippen LogP contribution in [0.3, 0.4) is 0 Å². The second-order valence-corrected chi connectivity index (χ2v) is 5.32. The first-order chi connectivity index (χ1) is 9.65. The lowest BCUT2D eigenvalue weighted by Crippen LogP contribution is -2.27. The number of carbonyl (C=O) groups excluding carboxylic acids is 1. The Kier molecular flexibility index (Phi) is 3.26. The zero-order chi connectivity index (χ0) is 14.1. The summed E-state index contributed by atoms with van der Waals surface area (Å²) in [7, 11) is 0. The molecule has 20 heavy (non-hydrogen) atoms. The van der Waals surface area contributed by atoms with Crippen molar-refractivity contribution < 1.29 is 9.18 Å². The van der Waals surface area contributed by atoms with Crippen molar-refractivity contribution >= 4 is 5.91 Å². The highest BCUT2D eigenvalue weighted by atomic mass is 19.1. The number of hydrogen-bond donors (Lipinski definition) is 1. The molecule has 0 radical (unpaired) electrons. The van der Waals surface area contributed by atoms with Gasteiger partial charge < -0.3 is 5.32 Å². The average Bonchev–Trinajstić information content (AvgIpc) is 3.18. The van der Waals surface area contributed by atoms with Crippen molar-refractivity contribution in [2.24, 2.45) is 0 Å². The molecule has 0 saturated heterocycles. The predicted molar refractivity (Wildman–Crippen MR) is 76.2 cm³/mol. The molecule has 1 N–H and O–H groups in total. The van der Waals surface area contributed by atoms with Crippen molar-refractivity contribution in [2.75, 3.05) is 0 Å². The Hall–Kier alpha value is -2.16. The Morgan fingerprint density at radius 2 is 1.95 bits per heavy atom. The van der Waals surface area contributed by atoms with Gasteiger partial charge in [0.2, 0.25) is 0 Å². The Bertz CT molecular complexity index is 639. The number of nitrogens with one attached hydrogen (secondary N) is 1. The van der Waals surface area contributed by atoms with E-state index in [2.05, 4.69) is 17.4 Å². The maximum Gasteiger partial charge on any atom is 0.254 e. The molecule has 1 amide bonds. The molecule has 3 rings (SSSR count). The molecule has 0 spiro atoms. The molecular formula is C17H16FNO. The molecule has 2 unspecified atom stereocenters. The van der Waals surface area contributed by atoms with E-state index in [-0.39, 0.29) is 17.5 Å². The molecular weight excluding hydrogens is 253 g/mol. The predicted octanol–water partition coefficient (Wildman–Crippen LogP) is 3.42. The summed E-state index contributed by atoms with van der Waals surface area (Å²) >= 11 is 0. The van der Waals surface area contributed by atoms with Gasteiger partial charge in [-0.25, -0.2) is 4.39 Å². The number of rotatable bonds is 3. The largest absolute Gasteiger partial charge is 0.349 e. The van der Waals surface area contributed by atoms with Crippen LogP contribution in [0.5, 0.6) is 0 Å². The van der Waals surface area contributed by atoms with Crippen molar-refractivity contribution in [3.8, 4) is 0 Å². The quantitative estimate of drug-likeness (QED) is 0.909. The van der Waals surface area contributed by atoms with Gasteiger partial charge >= 0.3 is 0 Å². The number of carbonyl (C=O) groups is 1. The van der Waals surface area contributed by atoms with E-state index in [4.69, 9.17) is 0 Å². The minimum atomic E-state index is -0.459. The molecule has 0 heterocycles. The molecule has 0 bridgehead atoms. The minimum absolute atomic E-state index is 0.116. The molecule has 3 heteroatoms. The third-order valence-electron chi connectivity index (χ3n) is 3.70. The molecule has 0 aromatic heterocycles. The summed E-state index contributed by atoms with van der Waals surface area (Å²) in [5, 5.41) is 2.90. The van der Waals surface area contributed by atoms with Crippen molar-refractivity contribution in [3.63, 3.8) is 0 Å². The highest BCUT2D eigenvalue weighted by molar-refractivity contribution is 5.95. The lowest BCUT2D eigenvalue weighted by molar-refractivity contribution is 0.0946. The van der Waals surface area contributed by atoms with Gasteiger partial charge in [-0.3, -0.25) is 4.79 Å². The van der Waals surface area contributed by atoms with Gasteiger partial charge in [-0.2, -0.15) is 0 Å². The smallest absolute Gasteiger partial charge is 0.254 e. The van der Waals surface area contributed by atoms with Gasteiger partial charge in [0, 0.05) is 12.0 Å². The molecule has 0 aliphatic heterocycles. The van der Waals surface area contributed by atoms with Crippen LogP contribution in [-0.2, 0) is 0 Å². The highest BCUT2D eigenvalue weighted by Crippen LogP contribution is 2.40. The van der Waals surface area contributed by atoms with E-state index in [0.29, 0.717) is 5.92 Å². The van der Waals surface area contributed by atoms with Crippen molar-refractivity contribution in [1.29, 1.82) is 0 Å². The van der Waals surface area contributed by atoms with Crippen LogP contribution in [0.4, 0.5) is 4.39 Å². The van der Waals surface area contributed by atoms with Gasteiger partial charge in [-0.1, -0.05) is 36.4 Å². The lowest BCUT2D eigenvalue weighted by atomic mass is 10.1. The molecule has 1 saturated carbocycles. The van der Waals surface area contributed by atoms with Crippen molar-refractivity contribution in [3.05, 3.63) is 71.0 Å². The van der Waals surface area contributed by atoms with Gasteiger partial charge in [0.05, 0.1) is 5.56 Å². The molecule has 2 nitrogen and oxygen atoms in total. The van der Waals surface area contributed by atoms with Gasteiger partial charge in [-0.05, 0) is 36.6 Å². The van der Waals surface area contributed by atoms with Crippen LogP contribution in [0.25, 0.3) is 0 Å². The number of halogens is 1. The summed E-state index contributed by atoms with van der Waals surface area (Å²) in [6, 6.07) is 14.9. The molecule has 102 valence electrons. The molecule has 2 atom stereocenters. The van der Waals surface area contributed by atoms with E-state index in [9.17, 15) is 9.18 Å². The number of benzene rings is 2. The summed E-state index contributed by atoms with van der Waals surface area (Å²) in [5.41, 5.74) is 2.16. The van der Waals surface area contributed by atoms with E-state index in [1.54, 1.807) is 19.1 Å². The van der Waals surface area contributed by atoms with Crippen LogP contribution in [0.15, 0.2) is 48.5 Å². The molecule has 1 fully saturated rings. The van der Waals surface area contributed by atoms with Crippen LogP contribution in [0.2, 0.25) is 0 Å². The number of aryl methyl sites for hydroxylation is 1. The maximum atomic E-state index is 13.7. The summed E-state index contributed by atoms with van der Waals surface area (Å²) in [5.74, 6) is -0.431. The molecule has 1 aliphatic carbocycles. The molecule has 2 aromatic rings. The average molecular weight is 269 g/mol. The Balaban J connectivity index is 1.66. The Labute approximate surface area is 117 Å². The normalized spacial score (nSPS) is 20.5. The van der Waals surface area contributed by atoms with Gasteiger partial charge in [0.15, 0.2) is 0 Å². The summed E-state index contributed by atoms with van der Waals surface area (Å²) in [6.45, 7) is 1.80. The molecule has 1 aliphatic rings. The summed E-state index contributed by atoms with van der Waals surface area (Å²) < 4.78 is 13.7. The van der Waals surface area contributed by atoms with Crippen LogP contribution in [0.1, 0.15) is 33.8 Å². The molecule has 2 aromatic carbocycles. The SMILES string of the molecule is Cc1ccc(C(=O)NC2CC2c2ccccc2)c(F)c1. The number of amides is 1. The van der Waals surface area contributed by atoms with E-state index in [1.807, 2.05) is 18.2 Å². The first-order valence-corrected chi connectivity index (χ1v) is 6.77. The summed E-state index contributed by atoms with van der Waals surface area (Å²) in [4.78, 5) is 12.1. The number of hydrogen-bond acceptors (Lipinski definition) is 1. The van der Waals surface area contributed by atoms with Crippen molar-refractivity contribution in [2.45, 2.75) is 25.3 Å². The van der Waals surface area contributed by atoms with Crippen LogP contribution >= 0.6 is 0 Å². The van der Waals surface area contributed by atoms with E-state index >= 15 is 0 Å². The van der Waals surface area contributed by atoms with E-state index in [1.165, 1.54) is 11.6 Å². The fourth-order valence-electron chi connectivity index (χ4n) is 2.47. The standard InChI is InChI=1S/C17H16FNO/c1-11-7-8-13(15(18)9-11)17(20)19-16-10-14(16)12-5-3-2-4-6-12/h2-9,14,16H,10H2,1H3,(H,19,20). The van der Waals surface area contributed by atoms with Gasteiger partial charge in [-0.15, -0.1) is 0 Å². The monoisotopic (exact) mass is 269 g/mol. The third-order valence-corrected chi connectivity index (χ3v) is 3.70. The maximum absolute atomic E-state index is 13.7. The minimum Gasteiger partial charge on any atom is -0.349 e. The summed E-state index contributed by atoms with van der Waals surface area (Å²) in [6.07, 6.45) is 0.920. The zero-order valence-corrected chi connectivity index (χ0v) is 11.3. The fraction of sp³-hybridized carbons (Fsp3) is 0.235. The highest BCUT2D eigenvalue weighted by Gasteiger charge is 2.39. The second kappa shape index (κ2) is 5.08. The topological polar surface area (TPSA) is 29.1 Å². The second-order valence-electron chi connectivity index (χ2n) is 5.32. The first-order valence-electron chi connectivity index (χ1n) is 6.77. The van der Waals surface area contributed by atoms with Crippen molar-refractivity contribution in [1.82, 2.24) is 5.32 Å². The van der Waals surface area contributed by atoms with Crippen LogP contribution < -0.4 is 5.32 Å². The Morgan fingerprint density at radius 1 is 1.20 bits per heavy atom. The Morgan fingerprint density at radius 3 is 2.65 bits per heavy atom. The third kappa shape index (κ3) is 2.57. The fourth-order valence-corrected chi connectivity index (χ4v) is 2.47. The lowest BCUT2D eigenvalue weighted by Gasteiger charge is -2.06. The van der Waals surface area contributed by atoms with E-state index < -0.39 is 5.82 Å². The van der Waals surface area contributed by atoms with Gasteiger partial charge in [0.1, 0.15) is 5.82 Å². The van der Waals surface area contributed by atoms with Crippen LogP contribution in [0, 0.1) is 12.7 Å². The van der Waals surface area contributed by atoms with Gasteiger partial charge in [0.25, 0.3) is 5.91 Å². The van der Waals surface area contributed by atoms with E-state index in [0.717, 1.165) is 12.0 Å². The zero-order valence-electron chi connectivity index (χ0n) is 11.3.